The molecular weight excluding hydrogens is 206 g/mol. The minimum absolute atomic E-state index is 0.118. The van der Waals surface area contributed by atoms with Gasteiger partial charge in [-0.3, -0.25) is 4.55 Å². The van der Waals surface area contributed by atoms with Gasteiger partial charge >= 0.3 is 10.4 Å². The Labute approximate surface area is 82.5 Å². The van der Waals surface area contributed by atoms with Gasteiger partial charge in [-0.05, 0) is 18.1 Å². The molecule has 0 aliphatic rings. The Hall–Kier alpha value is -1.11. The summed E-state index contributed by atoms with van der Waals surface area (Å²) in [6.45, 7) is -0.118. The van der Waals surface area contributed by atoms with Crippen molar-refractivity contribution in [2.45, 2.75) is 6.42 Å². The molecule has 14 heavy (non-hydrogen) atoms. The summed E-state index contributed by atoms with van der Waals surface area (Å²) in [7, 11) is -4.35. The van der Waals surface area contributed by atoms with E-state index in [1.54, 1.807) is 24.3 Å². The normalized spacial score (nSPS) is 11.5. The highest BCUT2D eigenvalue weighted by Crippen LogP contribution is 2.11. The number of anilines is 1. The maximum atomic E-state index is 10.2. The average molecular weight is 217 g/mol. The summed E-state index contributed by atoms with van der Waals surface area (Å²) in [6, 6.07) is 7.05. The molecule has 5 nitrogen and oxygen atoms in total. The van der Waals surface area contributed by atoms with Crippen LogP contribution in [-0.2, 0) is 21.0 Å². The second-order valence-corrected chi connectivity index (χ2v) is 3.79. The highest BCUT2D eigenvalue weighted by molar-refractivity contribution is 7.80. The van der Waals surface area contributed by atoms with Gasteiger partial charge in [-0.2, -0.15) is 8.42 Å². The molecule has 6 heteroatoms. The first-order valence-electron chi connectivity index (χ1n) is 3.94. The molecule has 0 atom stereocenters. The number of hydrogen-bond acceptors (Lipinski definition) is 4. The molecule has 0 fully saturated rings. The van der Waals surface area contributed by atoms with E-state index in [-0.39, 0.29) is 6.61 Å². The van der Waals surface area contributed by atoms with Crippen molar-refractivity contribution >= 4 is 16.1 Å². The van der Waals surface area contributed by atoms with Crippen LogP contribution in [0.5, 0.6) is 0 Å². The molecule has 0 saturated carbocycles. The van der Waals surface area contributed by atoms with Crippen molar-refractivity contribution in [1.82, 2.24) is 0 Å². The second-order valence-electron chi connectivity index (χ2n) is 2.70. The van der Waals surface area contributed by atoms with Gasteiger partial charge in [0.2, 0.25) is 0 Å². The lowest BCUT2D eigenvalue weighted by atomic mass is 10.1. The van der Waals surface area contributed by atoms with Gasteiger partial charge in [-0.1, -0.05) is 18.2 Å². The smallest absolute Gasteiger partial charge is 0.397 e. The van der Waals surface area contributed by atoms with Crippen LogP contribution in [-0.4, -0.2) is 19.6 Å². The molecule has 0 unspecified atom stereocenters. The molecule has 0 radical (unpaired) electrons. The van der Waals surface area contributed by atoms with E-state index < -0.39 is 10.4 Å². The Balaban J connectivity index is 2.51. The fraction of sp³-hybridized carbons (Fsp3) is 0.250. The first kappa shape index (κ1) is 11.0. The van der Waals surface area contributed by atoms with Crippen LogP contribution in [0.1, 0.15) is 5.56 Å². The number of nitrogens with two attached hydrogens (primary N) is 1. The zero-order valence-corrected chi connectivity index (χ0v) is 8.20. The summed E-state index contributed by atoms with van der Waals surface area (Å²) in [4.78, 5) is 0. The third-order valence-corrected chi connectivity index (χ3v) is 2.12. The van der Waals surface area contributed by atoms with Crippen molar-refractivity contribution < 1.29 is 17.2 Å². The number of para-hydroxylation sites is 1. The van der Waals surface area contributed by atoms with Crippen LogP contribution >= 0.6 is 0 Å². The largest absolute Gasteiger partial charge is 0.399 e. The molecule has 1 aromatic rings. The van der Waals surface area contributed by atoms with Crippen LogP contribution in [0.2, 0.25) is 0 Å². The third-order valence-electron chi connectivity index (χ3n) is 1.66. The molecule has 0 saturated heterocycles. The Morgan fingerprint density at radius 2 is 2.00 bits per heavy atom. The fourth-order valence-electron chi connectivity index (χ4n) is 1.02. The summed E-state index contributed by atoms with van der Waals surface area (Å²) < 4.78 is 32.9. The Bertz CT molecular complexity index is 402. The SMILES string of the molecule is Nc1ccccc1CCOS(=O)(=O)O. The molecule has 3 N–H and O–H groups in total. The number of nitrogen functional groups attached to an aromatic ring is 1. The van der Waals surface area contributed by atoms with E-state index >= 15 is 0 Å². The molecule has 78 valence electrons. The monoisotopic (exact) mass is 217 g/mol. The van der Waals surface area contributed by atoms with Gasteiger partial charge in [0.05, 0.1) is 6.61 Å². The van der Waals surface area contributed by atoms with Crippen molar-refractivity contribution in [1.29, 1.82) is 0 Å². The zero-order chi connectivity index (χ0) is 10.6. The van der Waals surface area contributed by atoms with Crippen LogP contribution in [0.25, 0.3) is 0 Å². The summed E-state index contributed by atoms with van der Waals surface area (Å²) in [5.41, 5.74) is 6.97. The van der Waals surface area contributed by atoms with Crippen LogP contribution in [0.4, 0.5) is 5.69 Å². The number of hydrogen-bond donors (Lipinski definition) is 2. The van der Waals surface area contributed by atoms with E-state index in [1.165, 1.54) is 0 Å². The van der Waals surface area contributed by atoms with Gasteiger partial charge in [0.15, 0.2) is 0 Å². The van der Waals surface area contributed by atoms with E-state index in [9.17, 15) is 8.42 Å². The maximum Gasteiger partial charge on any atom is 0.397 e. The second kappa shape index (κ2) is 4.41. The minimum atomic E-state index is -4.35. The van der Waals surface area contributed by atoms with Gasteiger partial charge in [-0.25, -0.2) is 4.18 Å². The standard InChI is InChI=1S/C8H11NO4S/c9-8-4-2-1-3-7(8)5-6-13-14(10,11)12/h1-4H,5-6,9H2,(H,10,11,12). The summed E-state index contributed by atoms with van der Waals surface area (Å²) in [5.74, 6) is 0. The predicted molar refractivity (Wildman–Crippen MR) is 52.1 cm³/mol. The molecule has 0 spiro atoms. The van der Waals surface area contributed by atoms with Gasteiger partial charge in [0.1, 0.15) is 0 Å². The molecule has 0 aromatic heterocycles. The minimum Gasteiger partial charge on any atom is -0.399 e. The quantitative estimate of drug-likeness (QED) is 0.570. The lowest BCUT2D eigenvalue weighted by Gasteiger charge is -2.03. The fourth-order valence-corrected chi connectivity index (χ4v) is 1.31. The molecule has 0 bridgehead atoms. The van der Waals surface area contributed by atoms with Crippen LogP contribution < -0.4 is 5.73 Å². The highest BCUT2D eigenvalue weighted by atomic mass is 32.3. The van der Waals surface area contributed by atoms with Crippen molar-refractivity contribution in [2.24, 2.45) is 0 Å². The zero-order valence-electron chi connectivity index (χ0n) is 7.38. The van der Waals surface area contributed by atoms with E-state index in [0.29, 0.717) is 12.1 Å². The average Bonchev–Trinajstić information content (AvgIpc) is 2.06. The summed E-state index contributed by atoms with van der Waals surface area (Å²) >= 11 is 0. The molecule has 0 aliphatic carbocycles. The maximum absolute atomic E-state index is 10.2. The molecule has 0 heterocycles. The lowest BCUT2D eigenvalue weighted by molar-refractivity contribution is 0.272. The van der Waals surface area contributed by atoms with E-state index in [2.05, 4.69) is 4.18 Å². The van der Waals surface area contributed by atoms with Crippen LogP contribution in [0.15, 0.2) is 24.3 Å². The van der Waals surface area contributed by atoms with Gasteiger partial charge < -0.3 is 5.73 Å². The number of benzene rings is 1. The molecule has 1 aromatic carbocycles. The van der Waals surface area contributed by atoms with Crippen molar-refractivity contribution in [3.8, 4) is 0 Å². The summed E-state index contributed by atoms with van der Waals surface area (Å²) in [6.07, 6.45) is 0.340. The first-order chi connectivity index (χ1) is 6.49. The highest BCUT2D eigenvalue weighted by Gasteiger charge is 2.04. The first-order valence-corrected chi connectivity index (χ1v) is 5.31. The Morgan fingerprint density at radius 3 is 2.57 bits per heavy atom. The molecule has 0 amide bonds. The molecular formula is C8H11NO4S. The molecule has 0 aliphatic heterocycles. The van der Waals surface area contributed by atoms with Crippen molar-refractivity contribution in [2.75, 3.05) is 12.3 Å². The molecule has 1 rings (SSSR count). The van der Waals surface area contributed by atoms with Gasteiger partial charge in [-0.15, -0.1) is 0 Å². The van der Waals surface area contributed by atoms with Crippen molar-refractivity contribution in [3.63, 3.8) is 0 Å². The topological polar surface area (TPSA) is 89.6 Å². The van der Waals surface area contributed by atoms with Gasteiger partial charge in [0.25, 0.3) is 0 Å². The van der Waals surface area contributed by atoms with E-state index in [0.717, 1.165) is 5.56 Å². The lowest BCUT2D eigenvalue weighted by Crippen LogP contribution is -2.07. The van der Waals surface area contributed by atoms with Gasteiger partial charge in [0, 0.05) is 5.69 Å². The number of rotatable bonds is 4. The van der Waals surface area contributed by atoms with Crippen LogP contribution in [0.3, 0.4) is 0 Å². The Kier molecular flexibility index (Phi) is 3.45. The Morgan fingerprint density at radius 1 is 1.36 bits per heavy atom. The third kappa shape index (κ3) is 3.73. The van der Waals surface area contributed by atoms with E-state index in [4.69, 9.17) is 10.3 Å². The summed E-state index contributed by atoms with van der Waals surface area (Å²) in [5, 5.41) is 0. The van der Waals surface area contributed by atoms with Crippen molar-refractivity contribution in [3.05, 3.63) is 29.8 Å². The van der Waals surface area contributed by atoms with E-state index in [1.807, 2.05) is 0 Å². The van der Waals surface area contributed by atoms with Crippen LogP contribution in [0, 0.1) is 0 Å². The predicted octanol–water partition coefficient (Wildman–Crippen LogP) is 0.631.